The van der Waals surface area contributed by atoms with E-state index in [4.69, 9.17) is 15.3 Å². The normalized spacial score (nSPS) is 14.1. The van der Waals surface area contributed by atoms with Gasteiger partial charge in [-0.15, -0.1) is 0 Å². The van der Waals surface area contributed by atoms with E-state index in [0.29, 0.717) is 0 Å². The molecule has 0 aliphatic carbocycles. The Balaban J connectivity index is -0.0000000655. The largest absolute Gasteiger partial charge is 0.393 e. The Kier molecular flexibility index (Phi) is 38.7. The molecule has 3 nitrogen and oxygen atoms in total. The maximum atomic E-state index is 8.36. The molecular weight excluding hydrogens is 563 g/mol. The summed E-state index contributed by atoms with van der Waals surface area (Å²) >= 11 is 4.25. The molecule has 16 heavy (non-hydrogen) atoms. The van der Waals surface area contributed by atoms with Gasteiger partial charge in [-0.25, -0.2) is 0 Å². The minimum Gasteiger partial charge on any atom is -0.393 e. The summed E-state index contributed by atoms with van der Waals surface area (Å²) in [5.74, 6) is 0. The number of aliphatic hydroxyl groups excluding tert-OH is 3. The van der Waals surface area contributed by atoms with Crippen LogP contribution in [0, 0.1) is 41.3 Å². The van der Waals surface area contributed by atoms with Crippen LogP contribution in [-0.4, -0.2) is 42.5 Å². The second-order valence-corrected chi connectivity index (χ2v) is 5.03. The van der Waals surface area contributed by atoms with Crippen molar-refractivity contribution in [1.82, 2.24) is 0 Å². The molecule has 0 saturated carbocycles. The Hall–Kier alpha value is 2.70. The Morgan fingerprint density at radius 1 is 0.812 bits per heavy atom. The number of rotatable bonds is 3. The van der Waals surface area contributed by atoms with Crippen molar-refractivity contribution >= 4 is 45.2 Å². The molecule has 3 atom stereocenters. The van der Waals surface area contributed by atoms with Gasteiger partial charge in [0.25, 0.3) is 0 Å². The molecule has 3 N–H and O–H groups in total. The van der Waals surface area contributed by atoms with E-state index in [1.165, 1.54) is 0 Å². The minimum atomic E-state index is -0.129. The molecule has 0 aromatic rings. The average molecular weight is 587 g/mol. The van der Waals surface area contributed by atoms with Crippen LogP contribution in [0.5, 0.6) is 0 Å². The number of alkyl halides is 2. The Labute approximate surface area is 160 Å². The first-order valence-corrected chi connectivity index (χ1v) is 8.02. The molecule has 0 bridgehead atoms. The van der Waals surface area contributed by atoms with Crippen molar-refractivity contribution < 1.29 is 56.6 Å². The SMILES string of the molecule is CC(O)CI.CC(O)CI.CCC(C)O.[Pr]. The van der Waals surface area contributed by atoms with Gasteiger partial charge in [0.05, 0.1) is 18.3 Å². The zero-order valence-corrected chi connectivity index (χ0v) is 18.5. The number of aliphatic hydroxyl groups is 3. The molecular formula is C10H24I2O3Pr. The fourth-order valence-corrected chi connectivity index (χ4v) is 0. The van der Waals surface area contributed by atoms with Gasteiger partial charge in [0.15, 0.2) is 0 Å². The van der Waals surface area contributed by atoms with Gasteiger partial charge in [-0.1, -0.05) is 52.1 Å². The third-order valence-electron chi connectivity index (χ3n) is 1.04. The predicted octanol–water partition coefficient (Wildman–Crippen LogP) is 2.38. The summed E-state index contributed by atoms with van der Waals surface area (Å²) < 4.78 is 1.66. The smallest absolute Gasteiger partial charge is 0.0601 e. The average Bonchev–Trinajstić information content (AvgIpc) is 2.19. The topological polar surface area (TPSA) is 60.7 Å². The quantitative estimate of drug-likeness (QED) is 0.352. The third-order valence-corrected chi connectivity index (χ3v) is 3.59. The summed E-state index contributed by atoms with van der Waals surface area (Å²) in [7, 11) is 0. The maximum Gasteiger partial charge on any atom is 0.0601 e. The summed E-state index contributed by atoms with van der Waals surface area (Å²) in [6.07, 6.45) is 0.487. The van der Waals surface area contributed by atoms with Gasteiger partial charge < -0.3 is 15.3 Å². The Morgan fingerprint density at radius 2 is 0.938 bits per heavy atom. The zero-order chi connectivity index (χ0) is 12.9. The van der Waals surface area contributed by atoms with E-state index in [1.54, 1.807) is 20.8 Å². The molecule has 0 saturated heterocycles. The second-order valence-electron chi connectivity index (χ2n) is 3.26. The molecule has 0 spiro atoms. The van der Waals surface area contributed by atoms with Crippen molar-refractivity contribution in [3.8, 4) is 0 Å². The zero-order valence-electron chi connectivity index (χ0n) is 10.5. The molecule has 0 fully saturated rings. The fraction of sp³-hybridized carbons (Fsp3) is 1.00. The monoisotopic (exact) mass is 587 g/mol. The maximum absolute atomic E-state index is 8.36. The minimum absolute atomic E-state index is 0. The second kappa shape index (κ2) is 22.8. The van der Waals surface area contributed by atoms with Gasteiger partial charge in [0.1, 0.15) is 0 Å². The van der Waals surface area contributed by atoms with Crippen molar-refractivity contribution in [1.29, 1.82) is 0 Å². The van der Waals surface area contributed by atoms with Crippen LogP contribution in [0.2, 0.25) is 0 Å². The molecule has 0 amide bonds. The van der Waals surface area contributed by atoms with Crippen molar-refractivity contribution in [2.24, 2.45) is 0 Å². The summed E-state index contributed by atoms with van der Waals surface area (Å²) in [5.41, 5.74) is 0. The summed E-state index contributed by atoms with van der Waals surface area (Å²) in [6, 6.07) is 0. The van der Waals surface area contributed by atoms with E-state index in [1.807, 2.05) is 6.92 Å². The first-order valence-electron chi connectivity index (χ1n) is 4.97. The molecule has 0 rings (SSSR count). The molecule has 0 aromatic heterocycles. The van der Waals surface area contributed by atoms with Gasteiger partial charge in [-0.05, 0) is 27.2 Å². The Morgan fingerprint density at radius 3 is 0.938 bits per heavy atom. The van der Waals surface area contributed by atoms with Gasteiger partial charge in [0.2, 0.25) is 0 Å². The fourth-order valence-electron chi connectivity index (χ4n) is 0. The van der Waals surface area contributed by atoms with E-state index in [2.05, 4.69) is 45.2 Å². The molecule has 1 radical (unpaired) electrons. The van der Waals surface area contributed by atoms with Crippen LogP contribution in [0.15, 0.2) is 0 Å². The molecule has 99 valence electrons. The van der Waals surface area contributed by atoms with E-state index >= 15 is 0 Å². The molecule has 0 aromatic carbocycles. The van der Waals surface area contributed by atoms with Crippen LogP contribution in [0.4, 0.5) is 0 Å². The van der Waals surface area contributed by atoms with Gasteiger partial charge in [-0.2, -0.15) is 0 Å². The predicted molar refractivity (Wildman–Crippen MR) is 83.1 cm³/mol. The van der Waals surface area contributed by atoms with Gasteiger partial charge in [0, 0.05) is 50.1 Å². The Bertz CT molecular complexity index is 85.0. The number of hydrogen-bond acceptors (Lipinski definition) is 3. The number of hydrogen-bond donors (Lipinski definition) is 3. The standard InChI is InChI=1S/C4H10O.2C3H7IO.Pr/c1-3-4(2)5;2*1-3(5)2-4;/h4-5H,3H2,1-2H3;2*3,5H,2H2,1H3;. The van der Waals surface area contributed by atoms with E-state index in [-0.39, 0.29) is 59.6 Å². The van der Waals surface area contributed by atoms with Crippen molar-refractivity contribution in [3.05, 3.63) is 0 Å². The van der Waals surface area contributed by atoms with Gasteiger partial charge in [-0.3, -0.25) is 0 Å². The van der Waals surface area contributed by atoms with Crippen molar-refractivity contribution in [3.63, 3.8) is 0 Å². The molecule has 3 unspecified atom stereocenters. The van der Waals surface area contributed by atoms with E-state index in [0.717, 1.165) is 15.3 Å². The third kappa shape index (κ3) is 54.4. The molecule has 0 aliphatic heterocycles. The van der Waals surface area contributed by atoms with Crippen molar-refractivity contribution in [2.75, 3.05) is 8.86 Å². The van der Waals surface area contributed by atoms with Gasteiger partial charge >= 0.3 is 0 Å². The first-order chi connectivity index (χ1) is 6.81. The van der Waals surface area contributed by atoms with Crippen LogP contribution >= 0.6 is 45.2 Å². The molecule has 0 heterocycles. The van der Waals surface area contributed by atoms with E-state index in [9.17, 15) is 0 Å². The van der Waals surface area contributed by atoms with E-state index < -0.39 is 0 Å². The van der Waals surface area contributed by atoms with Crippen LogP contribution in [-0.2, 0) is 0 Å². The summed E-state index contributed by atoms with van der Waals surface area (Å²) in [6.45, 7) is 7.27. The van der Waals surface area contributed by atoms with Crippen LogP contribution < -0.4 is 0 Å². The van der Waals surface area contributed by atoms with Crippen LogP contribution in [0.25, 0.3) is 0 Å². The molecule has 0 aliphatic rings. The summed E-state index contributed by atoms with van der Waals surface area (Å²) in [5, 5.41) is 25.1. The first kappa shape index (κ1) is 27.1. The number of halogens is 2. The summed E-state index contributed by atoms with van der Waals surface area (Å²) in [4.78, 5) is 0. The van der Waals surface area contributed by atoms with Crippen LogP contribution in [0.3, 0.4) is 0 Å². The van der Waals surface area contributed by atoms with Crippen molar-refractivity contribution in [2.45, 2.75) is 52.4 Å². The van der Waals surface area contributed by atoms with Crippen LogP contribution in [0.1, 0.15) is 34.1 Å². The molecule has 6 heteroatoms.